The molecule has 0 spiro atoms. The normalized spacial score (nSPS) is 31.6. The molecule has 4 nitrogen and oxygen atoms in total. The molecule has 0 radical (unpaired) electrons. The van der Waals surface area contributed by atoms with Crippen LogP contribution in [0, 0.1) is 11.8 Å². The van der Waals surface area contributed by atoms with E-state index in [1.54, 1.807) is 14.2 Å². The average molecular weight is 298 g/mol. The number of nitrogens with zero attached hydrogens (tertiary/aromatic N) is 1. The molecule has 3 atom stereocenters. The molecule has 0 amide bonds. The van der Waals surface area contributed by atoms with E-state index in [9.17, 15) is 0 Å². The molecule has 0 heterocycles. The first kappa shape index (κ1) is 17.2. The molecule has 2 aliphatic carbocycles. The summed E-state index contributed by atoms with van der Waals surface area (Å²) in [5.74, 6) is 1.88. The molecule has 124 valence electrons. The first-order chi connectivity index (χ1) is 10.2. The van der Waals surface area contributed by atoms with Gasteiger partial charge in [-0.3, -0.25) is 4.90 Å². The maximum atomic E-state index is 6.30. The molecule has 0 aliphatic heterocycles. The molecule has 2 N–H and O–H groups in total. The number of methoxy groups -OCH3 is 2. The summed E-state index contributed by atoms with van der Waals surface area (Å²) in [6, 6.07) is 0.395. The minimum atomic E-state index is 0.155. The van der Waals surface area contributed by atoms with Gasteiger partial charge in [-0.1, -0.05) is 12.8 Å². The van der Waals surface area contributed by atoms with E-state index in [1.165, 1.54) is 38.5 Å². The summed E-state index contributed by atoms with van der Waals surface area (Å²) in [5, 5.41) is 0. The van der Waals surface area contributed by atoms with Crippen molar-refractivity contribution in [3.8, 4) is 0 Å². The second-order valence-corrected chi connectivity index (χ2v) is 7.11. The summed E-state index contributed by atoms with van der Waals surface area (Å²) in [7, 11) is 3.57. The van der Waals surface area contributed by atoms with E-state index >= 15 is 0 Å². The van der Waals surface area contributed by atoms with Crippen LogP contribution in [0.4, 0.5) is 0 Å². The molecule has 0 aromatic carbocycles. The SMILES string of the molecule is COCCN(C(C)COC)C1(CN)CCCC(C2CC2)C1. The average Bonchev–Trinajstić information content (AvgIpc) is 3.33. The zero-order valence-electron chi connectivity index (χ0n) is 14.1. The Morgan fingerprint density at radius 2 is 1.95 bits per heavy atom. The van der Waals surface area contributed by atoms with Gasteiger partial charge in [-0.05, 0) is 44.4 Å². The van der Waals surface area contributed by atoms with Gasteiger partial charge in [-0.2, -0.15) is 0 Å². The molecule has 2 rings (SSSR count). The zero-order valence-corrected chi connectivity index (χ0v) is 14.1. The third kappa shape index (κ3) is 4.19. The van der Waals surface area contributed by atoms with Gasteiger partial charge in [-0.15, -0.1) is 0 Å². The van der Waals surface area contributed by atoms with Crippen LogP contribution < -0.4 is 5.73 Å². The highest BCUT2D eigenvalue weighted by molar-refractivity contribution is 5.01. The van der Waals surface area contributed by atoms with Gasteiger partial charge in [0.2, 0.25) is 0 Å². The lowest BCUT2D eigenvalue weighted by molar-refractivity contribution is -0.0319. The minimum absolute atomic E-state index is 0.155. The van der Waals surface area contributed by atoms with E-state index in [0.29, 0.717) is 6.04 Å². The number of hydrogen-bond acceptors (Lipinski definition) is 4. The van der Waals surface area contributed by atoms with Crippen molar-refractivity contribution in [3.63, 3.8) is 0 Å². The highest BCUT2D eigenvalue weighted by Gasteiger charge is 2.45. The van der Waals surface area contributed by atoms with Crippen LogP contribution in [0.2, 0.25) is 0 Å². The summed E-state index contributed by atoms with van der Waals surface area (Å²) in [5.41, 5.74) is 6.46. The van der Waals surface area contributed by atoms with Crippen LogP contribution in [-0.4, -0.2) is 57.0 Å². The minimum Gasteiger partial charge on any atom is -0.383 e. The lowest BCUT2D eigenvalue weighted by atomic mass is 9.72. The topological polar surface area (TPSA) is 47.7 Å². The van der Waals surface area contributed by atoms with E-state index in [2.05, 4.69) is 11.8 Å². The first-order valence-electron chi connectivity index (χ1n) is 8.61. The number of rotatable bonds is 9. The maximum absolute atomic E-state index is 6.30. The highest BCUT2D eigenvalue weighted by Crippen LogP contribution is 2.48. The number of ether oxygens (including phenoxy) is 2. The number of hydrogen-bond donors (Lipinski definition) is 1. The Hall–Kier alpha value is -0.160. The molecular formula is C17H34N2O2. The van der Waals surface area contributed by atoms with Crippen molar-refractivity contribution in [2.75, 3.05) is 40.5 Å². The Morgan fingerprint density at radius 3 is 2.52 bits per heavy atom. The summed E-state index contributed by atoms with van der Waals surface area (Å²) in [6.07, 6.45) is 8.11. The van der Waals surface area contributed by atoms with E-state index < -0.39 is 0 Å². The van der Waals surface area contributed by atoms with Crippen molar-refractivity contribution >= 4 is 0 Å². The van der Waals surface area contributed by atoms with Crippen LogP contribution in [0.25, 0.3) is 0 Å². The molecule has 4 heteroatoms. The maximum Gasteiger partial charge on any atom is 0.0615 e. The summed E-state index contributed by atoms with van der Waals surface area (Å²) in [6.45, 7) is 5.50. The fourth-order valence-corrected chi connectivity index (χ4v) is 4.36. The Morgan fingerprint density at radius 1 is 1.19 bits per heavy atom. The smallest absolute Gasteiger partial charge is 0.0615 e. The first-order valence-corrected chi connectivity index (χ1v) is 8.61. The van der Waals surface area contributed by atoms with Crippen LogP contribution in [-0.2, 0) is 9.47 Å². The Labute approximate surface area is 130 Å². The lowest BCUT2D eigenvalue weighted by Crippen LogP contribution is -2.61. The third-order valence-electron chi connectivity index (χ3n) is 5.61. The molecular weight excluding hydrogens is 264 g/mol. The molecule has 0 saturated heterocycles. The zero-order chi connectivity index (χ0) is 15.3. The third-order valence-corrected chi connectivity index (χ3v) is 5.61. The van der Waals surface area contributed by atoms with Crippen LogP contribution in [0.1, 0.15) is 45.4 Å². The fraction of sp³-hybridized carbons (Fsp3) is 1.00. The highest BCUT2D eigenvalue weighted by atomic mass is 16.5. The van der Waals surface area contributed by atoms with Crippen LogP contribution >= 0.6 is 0 Å². The fourth-order valence-electron chi connectivity index (χ4n) is 4.36. The van der Waals surface area contributed by atoms with Crippen LogP contribution in [0.5, 0.6) is 0 Å². The van der Waals surface area contributed by atoms with Crippen LogP contribution in [0.3, 0.4) is 0 Å². The van der Waals surface area contributed by atoms with E-state index in [0.717, 1.165) is 38.1 Å². The van der Waals surface area contributed by atoms with Crippen molar-refractivity contribution < 1.29 is 9.47 Å². The van der Waals surface area contributed by atoms with Crippen molar-refractivity contribution in [3.05, 3.63) is 0 Å². The summed E-state index contributed by atoms with van der Waals surface area (Å²) < 4.78 is 10.8. The summed E-state index contributed by atoms with van der Waals surface area (Å²) in [4.78, 5) is 2.59. The van der Waals surface area contributed by atoms with Gasteiger partial charge in [0.1, 0.15) is 0 Å². The monoisotopic (exact) mass is 298 g/mol. The quantitative estimate of drug-likeness (QED) is 0.709. The molecule has 0 aromatic rings. The molecule has 2 fully saturated rings. The summed E-state index contributed by atoms with van der Waals surface area (Å²) >= 11 is 0. The molecule has 2 saturated carbocycles. The largest absolute Gasteiger partial charge is 0.383 e. The van der Waals surface area contributed by atoms with Crippen molar-refractivity contribution in [1.29, 1.82) is 0 Å². The van der Waals surface area contributed by atoms with Crippen molar-refractivity contribution in [2.45, 2.75) is 57.0 Å². The second-order valence-electron chi connectivity index (χ2n) is 7.11. The number of nitrogens with two attached hydrogens (primary N) is 1. The van der Waals surface area contributed by atoms with E-state index in [4.69, 9.17) is 15.2 Å². The lowest BCUT2D eigenvalue weighted by Gasteiger charge is -2.51. The Balaban J connectivity index is 2.10. The molecule has 0 aromatic heterocycles. The standard InChI is InChI=1S/C17H34N2O2/c1-14(12-21-3)19(9-10-20-2)17(13-18)8-4-5-16(11-17)15-6-7-15/h14-16H,4-13,18H2,1-3H3. The Kier molecular flexibility index (Phi) is 6.48. The van der Waals surface area contributed by atoms with Crippen molar-refractivity contribution in [1.82, 2.24) is 4.90 Å². The molecule has 2 aliphatic rings. The molecule has 21 heavy (non-hydrogen) atoms. The Bertz CT molecular complexity index is 309. The van der Waals surface area contributed by atoms with Gasteiger partial charge in [0.15, 0.2) is 0 Å². The van der Waals surface area contributed by atoms with Gasteiger partial charge >= 0.3 is 0 Å². The second kappa shape index (κ2) is 7.91. The van der Waals surface area contributed by atoms with Crippen LogP contribution in [0.15, 0.2) is 0 Å². The molecule has 0 bridgehead atoms. The van der Waals surface area contributed by atoms with Gasteiger partial charge < -0.3 is 15.2 Å². The van der Waals surface area contributed by atoms with Gasteiger partial charge in [0, 0.05) is 38.9 Å². The van der Waals surface area contributed by atoms with Gasteiger partial charge in [0.05, 0.1) is 13.2 Å². The van der Waals surface area contributed by atoms with Gasteiger partial charge in [0.25, 0.3) is 0 Å². The van der Waals surface area contributed by atoms with Crippen molar-refractivity contribution in [2.24, 2.45) is 17.6 Å². The molecule has 3 unspecified atom stereocenters. The van der Waals surface area contributed by atoms with E-state index in [1.807, 2.05) is 0 Å². The predicted octanol–water partition coefficient (Wildman–Crippen LogP) is 2.27. The predicted molar refractivity (Wildman–Crippen MR) is 86.4 cm³/mol. The van der Waals surface area contributed by atoms with E-state index in [-0.39, 0.29) is 5.54 Å². The van der Waals surface area contributed by atoms with Gasteiger partial charge in [-0.25, -0.2) is 0 Å².